The Hall–Kier alpha value is -1.93. The van der Waals surface area contributed by atoms with Crippen molar-refractivity contribution >= 4 is 17.5 Å². The first-order valence-electron chi connectivity index (χ1n) is 9.07. The molecule has 8 nitrogen and oxygen atoms in total. The molecule has 0 atom stereocenters. The molecule has 2 fully saturated rings. The molecular weight excluding hydrogens is 322 g/mol. The summed E-state index contributed by atoms with van der Waals surface area (Å²) in [5.41, 5.74) is 0.747. The van der Waals surface area contributed by atoms with E-state index in [1.54, 1.807) is 10.9 Å². The van der Waals surface area contributed by atoms with E-state index in [0.29, 0.717) is 32.8 Å². The smallest absolute Gasteiger partial charge is 0.236 e. The first-order valence-corrected chi connectivity index (χ1v) is 9.07. The predicted molar refractivity (Wildman–Crippen MR) is 93.1 cm³/mol. The summed E-state index contributed by atoms with van der Waals surface area (Å²) in [5.74, 6) is 0.215. The summed E-state index contributed by atoms with van der Waals surface area (Å²) < 4.78 is 7.07. The fourth-order valence-corrected chi connectivity index (χ4v) is 3.30. The van der Waals surface area contributed by atoms with Crippen LogP contribution in [0.5, 0.6) is 0 Å². The second-order valence-electron chi connectivity index (χ2n) is 6.62. The second-order valence-corrected chi connectivity index (χ2v) is 6.62. The summed E-state index contributed by atoms with van der Waals surface area (Å²) in [4.78, 5) is 28.7. The number of likely N-dealkylation sites (tertiary alicyclic amines) is 1. The van der Waals surface area contributed by atoms with Gasteiger partial charge in [0, 0.05) is 31.7 Å². The molecule has 3 rings (SSSR count). The molecule has 8 heteroatoms. The van der Waals surface area contributed by atoms with Gasteiger partial charge in [-0.05, 0) is 32.9 Å². The lowest BCUT2D eigenvalue weighted by Gasteiger charge is -2.33. The Balaban J connectivity index is 1.41. The number of aromatic nitrogens is 2. The Morgan fingerprint density at radius 1 is 1.24 bits per heavy atom. The Labute approximate surface area is 148 Å². The van der Waals surface area contributed by atoms with Crippen LogP contribution in [0.15, 0.2) is 12.4 Å². The quantitative estimate of drug-likeness (QED) is 0.833. The lowest BCUT2D eigenvalue weighted by Crippen LogP contribution is -2.48. The van der Waals surface area contributed by atoms with Crippen molar-refractivity contribution in [2.75, 3.05) is 51.3 Å². The lowest BCUT2D eigenvalue weighted by atomic mass is 9.96. The van der Waals surface area contributed by atoms with Gasteiger partial charge in [0.25, 0.3) is 0 Å². The molecule has 1 N–H and O–H groups in total. The van der Waals surface area contributed by atoms with Crippen molar-refractivity contribution in [3.8, 4) is 0 Å². The van der Waals surface area contributed by atoms with Crippen LogP contribution in [0.1, 0.15) is 19.8 Å². The number of hydrogen-bond donors (Lipinski definition) is 1. The first kappa shape index (κ1) is 17.9. The highest BCUT2D eigenvalue weighted by Crippen LogP contribution is 2.19. The number of nitrogens with one attached hydrogen (secondary N) is 1. The number of nitrogens with zero attached hydrogens (tertiary/aromatic N) is 4. The molecule has 0 saturated carbocycles. The number of ether oxygens (including phenoxy) is 1. The molecule has 0 unspecified atom stereocenters. The predicted octanol–water partition coefficient (Wildman–Crippen LogP) is 0.412. The molecule has 1 aromatic heterocycles. The van der Waals surface area contributed by atoms with Crippen molar-refractivity contribution in [1.82, 2.24) is 19.6 Å². The minimum atomic E-state index is -0.000264. The number of carbonyl (C=O) groups excluding carboxylic acids is 2. The van der Waals surface area contributed by atoms with Crippen molar-refractivity contribution < 1.29 is 14.3 Å². The monoisotopic (exact) mass is 349 g/mol. The van der Waals surface area contributed by atoms with E-state index in [0.717, 1.165) is 38.2 Å². The summed E-state index contributed by atoms with van der Waals surface area (Å²) in [6.45, 7) is 7.41. The third-order valence-electron chi connectivity index (χ3n) is 4.91. The maximum absolute atomic E-state index is 12.4. The highest BCUT2D eigenvalue weighted by atomic mass is 16.5. The van der Waals surface area contributed by atoms with E-state index in [1.165, 1.54) is 0 Å². The van der Waals surface area contributed by atoms with E-state index in [-0.39, 0.29) is 17.7 Å². The van der Waals surface area contributed by atoms with Gasteiger partial charge >= 0.3 is 0 Å². The fourth-order valence-electron chi connectivity index (χ4n) is 3.30. The van der Waals surface area contributed by atoms with E-state index < -0.39 is 0 Å². The molecule has 1 aromatic rings. The molecular formula is C17H27N5O3. The van der Waals surface area contributed by atoms with Gasteiger partial charge in [-0.15, -0.1) is 0 Å². The number of morpholine rings is 1. The minimum Gasteiger partial charge on any atom is -0.378 e. The number of piperidine rings is 1. The van der Waals surface area contributed by atoms with Crippen LogP contribution in [0.3, 0.4) is 0 Å². The average molecular weight is 349 g/mol. The van der Waals surface area contributed by atoms with Crippen molar-refractivity contribution in [3.05, 3.63) is 12.4 Å². The zero-order chi connectivity index (χ0) is 17.6. The molecule has 2 amide bonds. The van der Waals surface area contributed by atoms with Gasteiger partial charge in [0.05, 0.1) is 31.6 Å². The van der Waals surface area contributed by atoms with Gasteiger partial charge in [0.1, 0.15) is 0 Å². The summed E-state index contributed by atoms with van der Waals surface area (Å²) in [6, 6.07) is 0. The lowest BCUT2D eigenvalue weighted by molar-refractivity contribution is -0.136. The summed E-state index contributed by atoms with van der Waals surface area (Å²) in [7, 11) is 0. The van der Waals surface area contributed by atoms with Gasteiger partial charge in [-0.25, -0.2) is 0 Å². The molecule has 0 spiro atoms. The number of anilines is 1. The summed E-state index contributed by atoms with van der Waals surface area (Å²) in [6.07, 6.45) is 5.08. The van der Waals surface area contributed by atoms with Gasteiger partial charge < -0.3 is 15.0 Å². The van der Waals surface area contributed by atoms with Gasteiger partial charge in [-0.2, -0.15) is 5.10 Å². The number of hydrogen-bond acceptors (Lipinski definition) is 5. The maximum Gasteiger partial charge on any atom is 0.236 e. The fraction of sp³-hybridized carbons (Fsp3) is 0.706. The van der Waals surface area contributed by atoms with E-state index in [4.69, 9.17) is 4.74 Å². The van der Waals surface area contributed by atoms with Crippen LogP contribution in [-0.2, 0) is 20.9 Å². The van der Waals surface area contributed by atoms with Crippen LogP contribution >= 0.6 is 0 Å². The number of aryl methyl sites for hydroxylation is 1. The minimum absolute atomic E-state index is 0.000264. The van der Waals surface area contributed by atoms with Crippen LogP contribution in [-0.4, -0.2) is 77.3 Å². The third kappa shape index (κ3) is 4.79. The van der Waals surface area contributed by atoms with Crippen LogP contribution in [0.4, 0.5) is 5.69 Å². The number of rotatable bonds is 5. The van der Waals surface area contributed by atoms with E-state index >= 15 is 0 Å². The Bertz CT molecular complexity index is 589. The average Bonchev–Trinajstić information content (AvgIpc) is 3.10. The summed E-state index contributed by atoms with van der Waals surface area (Å²) >= 11 is 0. The molecule has 2 aliphatic heterocycles. The molecule has 2 saturated heterocycles. The normalized spacial score (nSPS) is 19.8. The van der Waals surface area contributed by atoms with Gasteiger partial charge in [-0.1, -0.05) is 0 Å². The van der Waals surface area contributed by atoms with Crippen LogP contribution in [0.25, 0.3) is 0 Å². The number of amides is 2. The van der Waals surface area contributed by atoms with E-state index in [2.05, 4.69) is 15.3 Å². The SMILES string of the molecule is CCn1cc(NC(=O)C2CCN(CC(=O)N3CCOCC3)CC2)cn1. The van der Waals surface area contributed by atoms with Crippen molar-refractivity contribution in [1.29, 1.82) is 0 Å². The Morgan fingerprint density at radius 3 is 2.60 bits per heavy atom. The van der Waals surface area contributed by atoms with Crippen molar-refractivity contribution in [2.45, 2.75) is 26.3 Å². The molecule has 2 aliphatic rings. The highest BCUT2D eigenvalue weighted by molar-refractivity contribution is 5.92. The molecule has 0 bridgehead atoms. The zero-order valence-corrected chi connectivity index (χ0v) is 14.8. The van der Waals surface area contributed by atoms with Gasteiger partial charge in [0.2, 0.25) is 11.8 Å². The van der Waals surface area contributed by atoms with E-state index in [1.807, 2.05) is 18.0 Å². The van der Waals surface area contributed by atoms with Crippen LogP contribution in [0, 0.1) is 5.92 Å². The summed E-state index contributed by atoms with van der Waals surface area (Å²) in [5, 5.41) is 7.11. The largest absolute Gasteiger partial charge is 0.378 e. The Kier molecular flexibility index (Phi) is 6.04. The third-order valence-corrected chi connectivity index (χ3v) is 4.91. The number of carbonyl (C=O) groups is 2. The second kappa shape index (κ2) is 8.44. The molecule has 0 aromatic carbocycles. The molecule has 25 heavy (non-hydrogen) atoms. The van der Waals surface area contributed by atoms with Crippen molar-refractivity contribution in [2.24, 2.45) is 5.92 Å². The first-order chi connectivity index (χ1) is 12.2. The topological polar surface area (TPSA) is 79.7 Å². The maximum atomic E-state index is 12.4. The highest BCUT2D eigenvalue weighted by Gasteiger charge is 2.27. The van der Waals surface area contributed by atoms with Gasteiger partial charge in [0.15, 0.2) is 0 Å². The zero-order valence-electron chi connectivity index (χ0n) is 14.8. The van der Waals surface area contributed by atoms with Crippen molar-refractivity contribution in [3.63, 3.8) is 0 Å². The molecule has 138 valence electrons. The molecule has 0 aliphatic carbocycles. The van der Waals surface area contributed by atoms with Gasteiger partial charge in [-0.3, -0.25) is 19.2 Å². The molecule has 0 radical (unpaired) electrons. The van der Waals surface area contributed by atoms with E-state index in [9.17, 15) is 9.59 Å². The standard InChI is InChI=1S/C17H27N5O3/c1-2-22-12-15(11-18-22)19-17(24)14-3-5-20(6-4-14)13-16(23)21-7-9-25-10-8-21/h11-12,14H,2-10,13H2,1H3,(H,19,24). The molecule has 3 heterocycles. The Morgan fingerprint density at radius 2 is 1.96 bits per heavy atom. The van der Waals surface area contributed by atoms with Crippen LogP contribution in [0.2, 0.25) is 0 Å². The van der Waals surface area contributed by atoms with Crippen LogP contribution < -0.4 is 5.32 Å².